The van der Waals surface area contributed by atoms with Crippen LogP contribution in [0.5, 0.6) is 0 Å². The van der Waals surface area contributed by atoms with Crippen molar-refractivity contribution >= 4 is 17.9 Å². The zero-order valence-corrected chi connectivity index (χ0v) is 51.9. The number of rotatable bonds is 60. The first-order valence-electron chi connectivity index (χ1n) is 33.4. The number of hydrogen-bond donors (Lipinski definition) is 0. The van der Waals surface area contributed by atoms with Gasteiger partial charge < -0.3 is 14.2 Å². The molecule has 6 heteroatoms. The van der Waals surface area contributed by atoms with Crippen molar-refractivity contribution in [1.82, 2.24) is 0 Å². The van der Waals surface area contributed by atoms with Gasteiger partial charge in [0.25, 0.3) is 0 Å². The van der Waals surface area contributed by atoms with E-state index < -0.39 is 6.10 Å². The Morgan fingerprint density at radius 2 is 0.494 bits per heavy atom. The second-order valence-corrected chi connectivity index (χ2v) is 22.0. The van der Waals surface area contributed by atoms with Crippen molar-refractivity contribution < 1.29 is 28.6 Å². The Balaban J connectivity index is 4.24. The summed E-state index contributed by atoms with van der Waals surface area (Å²) in [5.41, 5.74) is 0. The van der Waals surface area contributed by atoms with Crippen molar-refractivity contribution in [3.05, 3.63) is 109 Å². The predicted molar refractivity (Wildman–Crippen MR) is 343 cm³/mol. The molecule has 0 N–H and O–H groups in total. The number of hydrogen-bond acceptors (Lipinski definition) is 6. The molecular formula is C73H124O6. The fourth-order valence-corrected chi connectivity index (χ4v) is 9.28. The van der Waals surface area contributed by atoms with Crippen LogP contribution in [0.1, 0.15) is 316 Å². The van der Waals surface area contributed by atoms with Gasteiger partial charge in [0.1, 0.15) is 13.2 Å². The molecule has 1 atom stereocenters. The van der Waals surface area contributed by atoms with Gasteiger partial charge in [0.05, 0.1) is 0 Å². The molecule has 0 aliphatic carbocycles. The van der Waals surface area contributed by atoms with Crippen LogP contribution in [0.15, 0.2) is 109 Å². The van der Waals surface area contributed by atoms with Gasteiger partial charge in [-0.15, -0.1) is 0 Å². The summed E-state index contributed by atoms with van der Waals surface area (Å²) in [6.07, 6.45) is 91.0. The van der Waals surface area contributed by atoms with Crippen molar-refractivity contribution in [3.63, 3.8) is 0 Å². The van der Waals surface area contributed by atoms with Crippen LogP contribution in [0, 0.1) is 0 Å². The summed E-state index contributed by atoms with van der Waals surface area (Å²) in [4.78, 5) is 38.3. The molecular weight excluding hydrogens is 973 g/mol. The lowest BCUT2D eigenvalue weighted by Crippen LogP contribution is -2.30. The van der Waals surface area contributed by atoms with Gasteiger partial charge in [-0.2, -0.15) is 0 Å². The maximum Gasteiger partial charge on any atom is 0.306 e. The molecule has 0 aromatic heterocycles. The van der Waals surface area contributed by atoms with Crippen LogP contribution in [0.3, 0.4) is 0 Å². The highest BCUT2D eigenvalue weighted by Crippen LogP contribution is 2.16. The van der Waals surface area contributed by atoms with E-state index in [1.165, 1.54) is 161 Å². The van der Waals surface area contributed by atoms with Crippen LogP contribution >= 0.6 is 0 Å². The highest BCUT2D eigenvalue weighted by molar-refractivity contribution is 5.71. The van der Waals surface area contributed by atoms with E-state index in [-0.39, 0.29) is 31.1 Å². The Labute approximate surface area is 489 Å². The summed E-state index contributed by atoms with van der Waals surface area (Å²) in [7, 11) is 0. The molecule has 6 nitrogen and oxygen atoms in total. The smallest absolute Gasteiger partial charge is 0.306 e. The number of carbonyl (C=O) groups excluding carboxylic acids is 3. The molecule has 0 saturated carbocycles. The number of ether oxygens (including phenoxy) is 3. The van der Waals surface area contributed by atoms with Crippen molar-refractivity contribution in [1.29, 1.82) is 0 Å². The zero-order chi connectivity index (χ0) is 57.1. The summed E-state index contributed by atoms with van der Waals surface area (Å²) in [6, 6.07) is 0. The SMILES string of the molecule is CC/C=C\C/C=C\C/C=C\C/C=C\C/C=C\C/C=C\C/C=C\C/C=C\CCCCCCCCCCC(=O)OCC(COC(=O)CCCCCCCCCCCCC)OC(=O)CCCCCCCCC/C=C\CCCCCCCC. The lowest BCUT2D eigenvalue weighted by Gasteiger charge is -2.18. The van der Waals surface area contributed by atoms with Crippen molar-refractivity contribution in [3.8, 4) is 0 Å². The third-order valence-electron chi connectivity index (χ3n) is 14.3. The van der Waals surface area contributed by atoms with Gasteiger partial charge in [-0.25, -0.2) is 0 Å². The second-order valence-electron chi connectivity index (χ2n) is 22.0. The summed E-state index contributed by atoms with van der Waals surface area (Å²) in [6.45, 7) is 6.53. The average molecular weight is 1100 g/mol. The first-order valence-corrected chi connectivity index (χ1v) is 33.4. The van der Waals surface area contributed by atoms with Crippen molar-refractivity contribution in [2.45, 2.75) is 322 Å². The third-order valence-corrected chi connectivity index (χ3v) is 14.3. The molecule has 0 fully saturated rings. The van der Waals surface area contributed by atoms with Gasteiger partial charge in [-0.3, -0.25) is 14.4 Å². The Morgan fingerprint density at radius 1 is 0.266 bits per heavy atom. The molecule has 0 saturated heterocycles. The standard InChI is InChI=1S/C73H124O6/c1-4-7-10-13-16-19-22-24-26-28-29-30-31-32-33-34-35-36-37-38-39-40-41-42-43-45-46-48-51-54-57-60-63-66-72(75)78-69-70(68-77-71(74)65-62-59-56-53-50-21-18-15-12-9-6-3)79-73(76)67-64-61-58-55-52-49-47-44-27-25-23-20-17-14-11-8-5-2/h7,10,16,19,24-27,29-30,32-33,35-36,38-39,41-42,70H,4-6,8-9,11-15,17-18,20-23,28,31,34,37,40,43-69H2,1-3H3/b10-7-,19-16-,26-24-,27-25-,30-29-,33-32-,36-35-,39-38-,42-41-. The molecule has 0 aliphatic rings. The van der Waals surface area contributed by atoms with Gasteiger partial charge in [0.15, 0.2) is 6.10 Å². The number of esters is 3. The molecule has 0 aromatic carbocycles. The van der Waals surface area contributed by atoms with Gasteiger partial charge in [-0.05, 0) is 109 Å². The summed E-state index contributed by atoms with van der Waals surface area (Å²) < 4.78 is 16.9. The highest BCUT2D eigenvalue weighted by Gasteiger charge is 2.19. The molecule has 0 bridgehead atoms. The molecule has 0 aromatic rings. The topological polar surface area (TPSA) is 78.9 Å². The van der Waals surface area contributed by atoms with Crippen LogP contribution in [-0.4, -0.2) is 37.2 Å². The maximum atomic E-state index is 12.9. The Hall–Kier alpha value is -3.93. The maximum absolute atomic E-state index is 12.9. The molecule has 1 unspecified atom stereocenters. The normalized spacial score (nSPS) is 12.8. The lowest BCUT2D eigenvalue weighted by atomic mass is 10.1. The van der Waals surface area contributed by atoms with E-state index in [1.807, 2.05) is 0 Å². The fourth-order valence-electron chi connectivity index (χ4n) is 9.28. The van der Waals surface area contributed by atoms with E-state index in [4.69, 9.17) is 14.2 Å². The van der Waals surface area contributed by atoms with E-state index in [0.717, 1.165) is 116 Å². The van der Waals surface area contributed by atoms with Crippen molar-refractivity contribution in [2.24, 2.45) is 0 Å². The molecule has 0 heterocycles. The average Bonchev–Trinajstić information content (AvgIpc) is 3.45. The molecule has 0 rings (SSSR count). The van der Waals surface area contributed by atoms with E-state index in [9.17, 15) is 14.4 Å². The third kappa shape index (κ3) is 64.8. The quantitative estimate of drug-likeness (QED) is 0.0261. The van der Waals surface area contributed by atoms with E-state index in [2.05, 4.69) is 130 Å². The highest BCUT2D eigenvalue weighted by atomic mass is 16.6. The Kier molecular flexibility index (Phi) is 63.3. The van der Waals surface area contributed by atoms with Crippen LogP contribution in [0.25, 0.3) is 0 Å². The minimum absolute atomic E-state index is 0.0793. The van der Waals surface area contributed by atoms with E-state index in [1.54, 1.807) is 0 Å². The second kappa shape index (κ2) is 66.6. The number of carbonyl (C=O) groups is 3. The van der Waals surface area contributed by atoms with Gasteiger partial charge in [0, 0.05) is 19.3 Å². The summed E-state index contributed by atoms with van der Waals surface area (Å²) in [5, 5.41) is 0. The molecule has 79 heavy (non-hydrogen) atoms. The molecule has 452 valence electrons. The first-order chi connectivity index (χ1) is 39.0. The number of allylic oxidation sites excluding steroid dienone is 18. The Morgan fingerprint density at radius 3 is 0.785 bits per heavy atom. The summed E-state index contributed by atoms with van der Waals surface area (Å²) in [5.74, 6) is -0.884. The minimum Gasteiger partial charge on any atom is -0.462 e. The Bertz CT molecular complexity index is 1590. The largest absolute Gasteiger partial charge is 0.462 e. The van der Waals surface area contributed by atoms with Crippen LogP contribution < -0.4 is 0 Å². The van der Waals surface area contributed by atoms with Gasteiger partial charge in [0.2, 0.25) is 0 Å². The van der Waals surface area contributed by atoms with Crippen LogP contribution in [0.4, 0.5) is 0 Å². The molecule has 0 radical (unpaired) electrons. The fraction of sp³-hybridized carbons (Fsp3) is 0.712. The predicted octanol–water partition coefficient (Wildman–Crippen LogP) is 23.0. The summed E-state index contributed by atoms with van der Waals surface area (Å²) >= 11 is 0. The van der Waals surface area contributed by atoms with Gasteiger partial charge >= 0.3 is 17.9 Å². The van der Waals surface area contributed by atoms with Crippen molar-refractivity contribution in [2.75, 3.05) is 13.2 Å². The molecule has 0 amide bonds. The van der Waals surface area contributed by atoms with E-state index in [0.29, 0.717) is 19.3 Å². The van der Waals surface area contributed by atoms with E-state index >= 15 is 0 Å². The number of unbranched alkanes of at least 4 members (excludes halogenated alkanes) is 31. The lowest BCUT2D eigenvalue weighted by molar-refractivity contribution is -0.167. The molecule has 0 spiro atoms. The van der Waals surface area contributed by atoms with Crippen LogP contribution in [0.2, 0.25) is 0 Å². The monoisotopic (exact) mass is 1100 g/mol. The van der Waals surface area contributed by atoms with Gasteiger partial charge in [-0.1, -0.05) is 297 Å². The molecule has 0 aliphatic heterocycles. The first kappa shape index (κ1) is 75.1. The van der Waals surface area contributed by atoms with Crippen LogP contribution in [-0.2, 0) is 28.6 Å². The zero-order valence-electron chi connectivity index (χ0n) is 51.9. The minimum atomic E-state index is -0.783.